The Labute approximate surface area is 137 Å². The van der Waals surface area contributed by atoms with Gasteiger partial charge in [-0.05, 0) is 25.0 Å². The molecule has 1 aromatic heterocycles. The first kappa shape index (κ1) is 16.4. The van der Waals surface area contributed by atoms with Gasteiger partial charge in [0, 0.05) is 20.0 Å². The zero-order valence-corrected chi connectivity index (χ0v) is 13.3. The summed E-state index contributed by atoms with van der Waals surface area (Å²) in [6.45, 7) is 0.953. The zero-order chi connectivity index (χ0) is 17.3. The molecule has 0 radical (unpaired) electrons. The van der Waals surface area contributed by atoms with Gasteiger partial charge in [0.15, 0.2) is 23.2 Å². The van der Waals surface area contributed by atoms with Crippen molar-refractivity contribution >= 4 is 5.91 Å². The topological polar surface area (TPSA) is 71.2 Å². The lowest BCUT2D eigenvalue weighted by Gasteiger charge is -2.18. The van der Waals surface area contributed by atoms with Crippen LogP contribution in [0.1, 0.15) is 41.3 Å². The quantitative estimate of drug-likeness (QED) is 0.933. The summed E-state index contributed by atoms with van der Waals surface area (Å²) in [4.78, 5) is 13.7. The molecule has 0 aliphatic carbocycles. The predicted molar refractivity (Wildman–Crippen MR) is 81.4 cm³/mol. The third kappa shape index (κ3) is 2.95. The summed E-state index contributed by atoms with van der Waals surface area (Å²) < 4.78 is 29.0. The van der Waals surface area contributed by atoms with Crippen molar-refractivity contribution in [3.63, 3.8) is 0 Å². The first-order chi connectivity index (χ1) is 11.5. The molecule has 24 heavy (non-hydrogen) atoms. The number of aromatic nitrogens is 3. The van der Waals surface area contributed by atoms with Gasteiger partial charge >= 0.3 is 0 Å². The summed E-state index contributed by atoms with van der Waals surface area (Å²) >= 11 is 0. The number of halogens is 2. The van der Waals surface area contributed by atoms with Crippen molar-refractivity contribution in [3.05, 3.63) is 41.0 Å². The van der Waals surface area contributed by atoms with E-state index in [9.17, 15) is 18.7 Å². The number of hydrogen-bond donors (Lipinski definition) is 1. The molecule has 0 saturated carbocycles. The molecule has 0 saturated heterocycles. The molecule has 1 aliphatic heterocycles. The minimum Gasteiger partial charge on any atom is -0.503 e. The third-order valence-electron chi connectivity index (χ3n) is 4.21. The standard InChI is InChI=1S/C16H18F2N4O2/c1-21(16(24)10-6-7-11(17)15(23)14(10)18)9-13-20-19-12-5-3-2-4-8-22(12)13/h6-7,23H,2-5,8-9H2,1H3. The average Bonchev–Trinajstić information content (AvgIpc) is 2.79. The van der Waals surface area contributed by atoms with Gasteiger partial charge in [-0.1, -0.05) is 6.42 Å². The van der Waals surface area contributed by atoms with Crippen LogP contribution in [0.2, 0.25) is 0 Å². The molecule has 8 heteroatoms. The van der Waals surface area contributed by atoms with Crippen LogP contribution < -0.4 is 0 Å². The van der Waals surface area contributed by atoms with Crippen LogP contribution in [0.15, 0.2) is 12.1 Å². The van der Waals surface area contributed by atoms with Crippen molar-refractivity contribution in [2.24, 2.45) is 0 Å². The monoisotopic (exact) mass is 336 g/mol. The largest absolute Gasteiger partial charge is 0.503 e. The number of aryl methyl sites for hydroxylation is 1. The highest BCUT2D eigenvalue weighted by Crippen LogP contribution is 2.24. The molecular formula is C16H18F2N4O2. The van der Waals surface area contributed by atoms with Crippen LogP contribution in [0.4, 0.5) is 8.78 Å². The number of nitrogens with zero attached hydrogens (tertiary/aromatic N) is 4. The van der Waals surface area contributed by atoms with Crippen LogP contribution >= 0.6 is 0 Å². The lowest BCUT2D eigenvalue weighted by atomic mass is 10.1. The molecule has 2 aromatic rings. The fourth-order valence-electron chi connectivity index (χ4n) is 2.86. The Bertz CT molecular complexity index is 776. The Hall–Kier alpha value is -2.51. The molecule has 1 amide bonds. The van der Waals surface area contributed by atoms with Crippen molar-refractivity contribution in [3.8, 4) is 5.75 Å². The van der Waals surface area contributed by atoms with Crippen molar-refractivity contribution < 1.29 is 18.7 Å². The fraction of sp³-hybridized carbons (Fsp3) is 0.438. The van der Waals surface area contributed by atoms with E-state index >= 15 is 0 Å². The van der Waals surface area contributed by atoms with Crippen LogP contribution in [-0.2, 0) is 19.5 Å². The predicted octanol–water partition coefficient (Wildman–Crippen LogP) is 2.26. The van der Waals surface area contributed by atoms with Crippen molar-refractivity contribution in [1.82, 2.24) is 19.7 Å². The number of fused-ring (bicyclic) bond motifs is 1. The highest BCUT2D eigenvalue weighted by molar-refractivity contribution is 5.94. The maximum atomic E-state index is 13.9. The van der Waals surface area contributed by atoms with Gasteiger partial charge in [-0.3, -0.25) is 4.79 Å². The van der Waals surface area contributed by atoms with Crippen LogP contribution in [-0.4, -0.2) is 37.7 Å². The summed E-state index contributed by atoms with van der Waals surface area (Å²) in [6, 6.07) is 1.89. The highest BCUT2D eigenvalue weighted by atomic mass is 19.1. The number of hydrogen-bond acceptors (Lipinski definition) is 4. The highest BCUT2D eigenvalue weighted by Gasteiger charge is 2.23. The van der Waals surface area contributed by atoms with E-state index in [-0.39, 0.29) is 12.1 Å². The number of phenols is 1. The van der Waals surface area contributed by atoms with Crippen molar-refractivity contribution in [2.75, 3.05) is 7.05 Å². The maximum absolute atomic E-state index is 13.9. The maximum Gasteiger partial charge on any atom is 0.257 e. The Balaban J connectivity index is 1.80. The summed E-state index contributed by atoms with van der Waals surface area (Å²) in [5.41, 5.74) is -0.382. The Kier molecular flexibility index (Phi) is 4.46. The summed E-state index contributed by atoms with van der Waals surface area (Å²) in [5.74, 6) is -2.63. The van der Waals surface area contributed by atoms with E-state index in [1.54, 1.807) is 0 Å². The molecule has 1 aliphatic rings. The second-order valence-corrected chi connectivity index (χ2v) is 5.91. The van der Waals surface area contributed by atoms with Gasteiger partial charge < -0.3 is 14.6 Å². The van der Waals surface area contributed by atoms with Gasteiger partial charge in [-0.15, -0.1) is 10.2 Å². The van der Waals surface area contributed by atoms with Crippen LogP contribution in [0.5, 0.6) is 5.75 Å². The van der Waals surface area contributed by atoms with Gasteiger partial charge in [-0.25, -0.2) is 8.78 Å². The number of amides is 1. The molecule has 6 nitrogen and oxygen atoms in total. The molecule has 3 rings (SSSR count). The Morgan fingerprint density at radius 1 is 1.29 bits per heavy atom. The lowest BCUT2D eigenvalue weighted by Crippen LogP contribution is -2.28. The number of carbonyl (C=O) groups excluding carboxylic acids is 1. The average molecular weight is 336 g/mol. The second kappa shape index (κ2) is 6.54. The number of rotatable bonds is 3. The minimum absolute atomic E-state index is 0.156. The van der Waals surface area contributed by atoms with Gasteiger partial charge in [0.05, 0.1) is 12.1 Å². The molecule has 128 valence electrons. The molecule has 0 spiro atoms. The van der Waals surface area contributed by atoms with E-state index in [0.29, 0.717) is 5.82 Å². The van der Waals surface area contributed by atoms with E-state index < -0.39 is 23.3 Å². The van der Waals surface area contributed by atoms with Gasteiger partial charge in [-0.2, -0.15) is 0 Å². The summed E-state index contributed by atoms with van der Waals surface area (Å²) in [7, 11) is 1.50. The molecule has 0 unspecified atom stereocenters. The first-order valence-electron chi connectivity index (χ1n) is 7.82. The molecule has 0 fully saturated rings. The second-order valence-electron chi connectivity index (χ2n) is 5.91. The van der Waals surface area contributed by atoms with Gasteiger partial charge in [0.25, 0.3) is 5.91 Å². The minimum atomic E-state index is -1.26. The van der Waals surface area contributed by atoms with E-state index in [1.165, 1.54) is 11.9 Å². The number of carbonyl (C=O) groups is 1. The zero-order valence-electron chi connectivity index (χ0n) is 13.3. The first-order valence-corrected chi connectivity index (χ1v) is 7.82. The van der Waals surface area contributed by atoms with Gasteiger partial charge in [0.2, 0.25) is 0 Å². The number of benzene rings is 1. The summed E-state index contributed by atoms with van der Waals surface area (Å²) in [5, 5.41) is 17.6. The number of aromatic hydroxyl groups is 1. The fourth-order valence-corrected chi connectivity index (χ4v) is 2.86. The normalized spacial score (nSPS) is 14.1. The number of phenolic OH excluding ortho intramolecular Hbond substituents is 1. The van der Waals surface area contributed by atoms with E-state index in [0.717, 1.165) is 50.2 Å². The van der Waals surface area contributed by atoms with E-state index in [4.69, 9.17) is 0 Å². The third-order valence-corrected chi connectivity index (χ3v) is 4.21. The smallest absolute Gasteiger partial charge is 0.257 e. The van der Waals surface area contributed by atoms with Crippen molar-refractivity contribution in [2.45, 2.75) is 38.8 Å². The van der Waals surface area contributed by atoms with Crippen LogP contribution in [0.3, 0.4) is 0 Å². The molecule has 0 atom stereocenters. The lowest BCUT2D eigenvalue weighted by molar-refractivity contribution is 0.0774. The van der Waals surface area contributed by atoms with Crippen LogP contribution in [0.25, 0.3) is 0 Å². The summed E-state index contributed by atoms with van der Waals surface area (Å²) in [6.07, 6.45) is 4.06. The van der Waals surface area contributed by atoms with Crippen molar-refractivity contribution in [1.29, 1.82) is 0 Å². The molecule has 2 heterocycles. The Morgan fingerprint density at radius 2 is 2.08 bits per heavy atom. The van der Waals surface area contributed by atoms with E-state index in [2.05, 4.69) is 10.2 Å². The van der Waals surface area contributed by atoms with E-state index in [1.807, 2.05) is 4.57 Å². The Morgan fingerprint density at radius 3 is 2.88 bits per heavy atom. The van der Waals surface area contributed by atoms with Crippen LogP contribution in [0, 0.1) is 11.6 Å². The SMILES string of the molecule is CN(Cc1nnc2n1CCCCC2)C(=O)c1ccc(F)c(O)c1F. The molecule has 0 bridgehead atoms. The van der Waals surface area contributed by atoms with Gasteiger partial charge in [0.1, 0.15) is 5.82 Å². The molecular weight excluding hydrogens is 318 g/mol. The molecule has 1 N–H and O–H groups in total. The molecule has 1 aromatic carbocycles.